The average molecular weight is 263 g/mol. The van der Waals surface area contributed by atoms with Gasteiger partial charge in [0, 0.05) is 25.6 Å². The van der Waals surface area contributed by atoms with Gasteiger partial charge in [-0.15, -0.1) is 0 Å². The predicted octanol–water partition coefficient (Wildman–Crippen LogP) is 1.42. The molecular formula is C15H21NO3. The van der Waals surface area contributed by atoms with Crippen molar-refractivity contribution in [1.29, 1.82) is 0 Å². The largest absolute Gasteiger partial charge is 0.497 e. The van der Waals surface area contributed by atoms with Crippen molar-refractivity contribution in [3.63, 3.8) is 0 Å². The normalized spacial score (nSPS) is 29.5. The van der Waals surface area contributed by atoms with Crippen LogP contribution in [-0.2, 0) is 11.2 Å². The van der Waals surface area contributed by atoms with E-state index in [-0.39, 0.29) is 0 Å². The molecule has 0 saturated carbocycles. The maximum absolute atomic E-state index is 10.3. The lowest BCUT2D eigenvalue weighted by Crippen LogP contribution is -2.42. The van der Waals surface area contributed by atoms with Gasteiger partial charge in [0.25, 0.3) is 0 Å². The summed E-state index contributed by atoms with van der Waals surface area (Å²) in [6, 6.07) is 6.58. The lowest BCUT2D eigenvalue weighted by atomic mass is 10.0. The smallest absolute Gasteiger partial charge is 0.119 e. The molecule has 4 heteroatoms. The molecule has 1 aliphatic carbocycles. The first kappa shape index (κ1) is 12.9. The number of fused-ring (bicyclic) bond motifs is 1. The molecule has 4 nitrogen and oxygen atoms in total. The van der Waals surface area contributed by atoms with Crippen molar-refractivity contribution in [2.75, 3.05) is 26.9 Å². The number of aryl methyl sites for hydroxylation is 1. The first-order valence-corrected chi connectivity index (χ1v) is 6.90. The molecule has 19 heavy (non-hydrogen) atoms. The third-order valence-electron chi connectivity index (χ3n) is 4.19. The zero-order chi connectivity index (χ0) is 13.3. The fraction of sp³-hybridized carbons (Fsp3) is 0.600. The van der Waals surface area contributed by atoms with Gasteiger partial charge in [-0.3, -0.25) is 0 Å². The van der Waals surface area contributed by atoms with Crippen molar-refractivity contribution >= 4 is 0 Å². The van der Waals surface area contributed by atoms with Crippen molar-refractivity contribution in [3.8, 4) is 5.75 Å². The van der Waals surface area contributed by atoms with E-state index in [9.17, 15) is 5.11 Å². The molecule has 104 valence electrons. The van der Waals surface area contributed by atoms with Gasteiger partial charge in [0.1, 0.15) is 11.4 Å². The summed E-state index contributed by atoms with van der Waals surface area (Å²) in [5.41, 5.74) is 2.00. The second kappa shape index (κ2) is 5.12. The predicted molar refractivity (Wildman–Crippen MR) is 72.4 cm³/mol. The lowest BCUT2D eigenvalue weighted by Gasteiger charge is -2.24. The maximum atomic E-state index is 10.3. The van der Waals surface area contributed by atoms with E-state index in [1.165, 1.54) is 11.1 Å². The molecule has 1 aromatic rings. The SMILES string of the molecule is COc1ccc2c(c1)C(NCC1(O)CCOC1)CC2. The van der Waals surface area contributed by atoms with Crippen LogP contribution in [0.3, 0.4) is 0 Å². The summed E-state index contributed by atoms with van der Waals surface area (Å²) in [7, 11) is 1.69. The second-order valence-electron chi connectivity index (χ2n) is 5.56. The molecule has 1 aliphatic heterocycles. The summed E-state index contributed by atoms with van der Waals surface area (Å²) in [5, 5.41) is 13.8. The summed E-state index contributed by atoms with van der Waals surface area (Å²) in [4.78, 5) is 0. The second-order valence-corrected chi connectivity index (χ2v) is 5.56. The molecule has 3 rings (SSSR count). The number of nitrogens with one attached hydrogen (secondary N) is 1. The van der Waals surface area contributed by atoms with E-state index in [4.69, 9.17) is 9.47 Å². The Kier molecular flexibility index (Phi) is 3.48. The van der Waals surface area contributed by atoms with E-state index < -0.39 is 5.60 Å². The molecule has 2 atom stereocenters. The van der Waals surface area contributed by atoms with Gasteiger partial charge in [-0.05, 0) is 36.1 Å². The topological polar surface area (TPSA) is 50.7 Å². The Morgan fingerprint density at radius 1 is 1.53 bits per heavy atom. The highest BCUT2D eigenvalue weighted by Gasteiger charge is 2.33. The van der Waals surface area contributed by atoms with Crippen LogP contribution < -0.4 is 10.1 Å². The van der Waals surface area contributed by atoms with Crippen molar-refractivity contribution < 1.29 is 14.6 Å². The van der Waals surface area contributed by atoms with Gasteiger partial charge in [-0.25, -0.2) is 0 Å². The quantitative estimate of drug-likeness (QED) is 0.862. The third-order valence-corrected chi connectivity index (χ3v) is 4.19. The number of methoxy groups -OCH3 is 1. The zero-order valence-corrected chi connectivity index (χ0v) is 11.3. The molecule has 1 fully saturated rings. The number of hydrogen-bond donors (Lipinski definition) is 2. The fourth-order valence-electron chi connectivity index (χ4n) is 2.97. The summed E-state index contributed by atoms with van der Waals surface area (Å²) in [5.74, 6) is 0.898. The van der Waals surface area contributed by atoms with Gasteiger partial charge in [0.2, 0.25) is 0 Å². The number of rotatable bonds is 4. The molecule has 2 unspecified atom stereocenters. The number of aliphatic hydroxyl groups is 1. The zero-order valence-electron chi connectivity index (χ0n) is 11.3. The minimum Gasteiger partial charge on any atom is -0.497 e. The summed E-state index contributed by atoms with van der Waals surface area (Å²) in [6.07, 6.45) is 2.89. The van der Waals surface area contributed by atoms with E-state index >= 15 is 0 Å². The van der Waals surface area contributed by atoms with Crippen LogP contribution in [0.15, 0.2) is 18.2 Å². The minimum absolute atomic E-state index is 0.315. The molecule has 0 bridgehead atoms. The van der Waals surface area contributed by atoms with E-state index in [1.807, 2.05) is 6.07 Å². The van der Waals surface area contributed by atoms with Crippen molar-refractivity contribution in [2.45, 2.75) is 30.9 Å². The van der Waals surface area contributed by atoms with Gasteiger partial charge < -0.3 is 19.9 Å². The van der Waals surface area contributed by atoms with Gasteiger partial charge >= 0.3 is 0 Å². The molecule has 0 radical (unpaired) electrons. The fourth-order valence-corrected chi connectivity index (χ4v) is 2.97. The van der Waals surface area contributed by atoms with Crippen LogP contribution in [0.5, 0.6) is 5.75 Å². The van der Waals surface area contributed by atoms with Crippen LogP contribution in [0.1, 0.15) is 30.0 Å². The Morgan fingerprint density at radius 2 is 2.42 bits per heavy atom. The van der Waals surface area contributed by atoms with E-state index in [1.54, 1.807) is 7.11 Å². The third kappa shape index (κ3) is 2.61. The Morgan fingerprint density at radius 3 is 3.16 bits per heavy atom. The summed E-state index contributed by atoms with van der Waals surface area (Å²) < 4.78 is 10.6. The van der Waals surface area contributed by atoms with Crippen LogP contribution in [0.4, 0.5) is 0 Å². The van der Waals surface area contributed by atoms with Crippen molar-refractivity contribution in [2.24, 2.45) is 0 Å². The van der Waals surface area contributed by atoms with Crippen LogP contribution in [-0.4, -0.2) is 37.6 Å². The average Bonchev–Trinajstić information content (AvgIpc) is 3.03. The minimum atomic E-state index is -0.693. The highest BCUT2D eigenvalue weighted by Crippen LogP contribution is 2.34. The standard InChI is InChI=1S/C15H21NO3/c1-18-12-4-2-11-3-5-14(13(11)8-12)16-9-15(17)6-7-19-10-15/h2,4,8,14,16-17H,3,5-7,9-10H2,1H3. The molecule has 1 heterocycles. The first-order chi connectivity index (χ1) is 9.20. The Balaban J connectivity index is 1.68. The number of ether oxygens (including phenoxy) is 2. The highest BCUT2D eigenvalue weighted by molar-refractivity contribution is 5.40. The van der Waals surface area contributed by atoms with Gasteiger partial charge in [0.15, 0.2) is 0 Å². The molecular weight excluding hydrogens is 242 g/mol. The summed E-state index contributed by atoms with van der Waals surface area (Å²) >= 11 is 0. The lowest BCUT2D eigenvalue weighted by molar-refractivity contribution is 0.0248. The monoisotopic (exact) mass is 263 g/mol. The number of hydrogen-bond acceptors (Lipinski definition) is 4. The van der Waals surface area contributed by atoms with E-state index in [0.717, 1.165) is 25.0 Å². The van der Waals surface area contributed by atoms with Crippen LogP contribution >= 0.6 is 0 Å². The van der Waals surface area contributed by atoms with Crippen molar-refractivity contribution in [3.05, 3.63) is 29.3 Å². The molecule has 0 spiro atoms. The van der Waals surface area contributed by atoms with Gasteiger partial charge in [0.05, 0.1) is 13.7 Å². The van der Waals surface area contributed by atoms with Gasteiger partial charge in [-0.2, -0.15) is 0 Å². The number of benzene rings is 1. The molecule has 1 saturated heterocycles. The van der Waals surface area contributed by atoms with Crippen LogP contribution in [0.2, 0.25) is 0 Å². The van der Waals surface area contributed by atoms with E-state index in [2.05, 4.69) is 17.4 Å². The Bertz CT molecular complexity index is 455. The Labute approximate surface area is 113 Å². The maximum Gasteiger partial charge on any atom is 0.119 e. The van der Waals surface area contributed by atoms with E-state index in [0.29, 0.717) is 25.8 Å². The molecule has 0 aromatic heterocycles. The highest BCUT2D eigenvalue weighted by atomic mass is 16.5. The Hall–Kier alpha value is -1.10. The van der Waals surface area contributed by atoms with Crippen LogP contribution in [0.25, 0.3) is 0 Å². The first-order valence-electron chi connectivity index (χ1n) is 6.90. The molecule has 2 aliphatic rings. The van der Waals surface area contributed by atoms with Crippen molar-refractivity contribution in [1.82, 2.24) is 5.32 Å². The molecule has 0 amide bonds. The summed E-state index contributed by atoms with van der Waals surface area (Å²) in [6.45, 7) is 1.69. The van der Waals surface area contributed by atoms with Crippen LogP contribution in [0, 0.1) is 0 Å². The van der Waals surface area contributed by atoms with Gasteiger partial charge in [-0.1, -0.05) is 6.07 Å². The molecule has 1 aromatic carbocycles. The molecule has 2 N–H and O–H groups in total.